The summed E-state index contributed by atoms with van der Waals surface area (Å²) in [5, 5.41) is 3.37. The van der Waals surface area contributed by atoms with E-state index in [1.165, 1.54) is 11.3 Å². The number of nitrogens with one attached hydrogen (secondary N) is 1. The Morgan fingerprint density at radius 2 is 2.22 bits per heavy atom. The lowest BCUT2D eigenvalue weighted by molar-refractivity contribution is 0.567. The van der Waals surface area contributed by atoms with Crippen LogP contribution in [0.3, 0.4) is 0 Å². The molecule has 0 unspecified atom stereocenters. The number of furan rings is 1. The van der Waals surface area contributed by atoms with Crippen LogP contribution in [0.5, 0.6) is 0 Å². The minimum absolute atomic E-state index is 0.422. The Hall–Kier alpha value is -1.68. The monoisotopic (exact) mass is 243 g/mol. The molecule has 0 fully saturated rings. The SMILES string of the molecule is CC(C)c1nc(-c2ccoc2)nc2c1CCNC2. The van der Waals surface area contributed by atoms with Gasteiger partial charge in [0.15, 0.2) is 5.82 Å². The first-order chi connectivity index (χ1) is 8.75. The van der Waals surface area contributed by atoms with Gasteiger partial charge in [0.25, 0.3) is 0 Å². The van der Waals surface area contributed by atoms with E-state index in [-0.39, 0.29) is 0 Å². The molecule has 2 aromatic heterocycles. The largest absolute Gasteiger partial charge is 0.472 e. The molecular formula is C14H17N3O. The van der Waals surface area contributed by atoms with Crippen molar-refractivity contribution in [3.63, 3.8) is 0 Å². The highest BCUT2D eigenvalue weighted by Gasteiger charge is 2.19. The van der Waals surface area contributed by atoms with Gasteiger partial charge >= 0.3 is 0 Å². The number of nitrogens with zero attached hydrogens (tertiary/aromatic N) is 2. The number of hydrogen-bond acceptors (Lipinski definition) is 4. The summed E-state index contributed by atoms with van der Waals surface area (Å²) < 4.78 is 5.12. The maximum atomic E-state index is 5.12. The van der Waals surface area contributed by atoms with Gasteiger partial charge in [-0.05, 0) is 30.5 Å². The van der Waals surface area contributed by atoms with Crippen LogP contribution in [0, 0.1) is 0 Å². The summed E-state index contributed by atoms with van der Waals surface area (Å²) in [5.41, 5.74) is 4.59. The molecule has 0 aliphatic carbocycles. The summed E-state index contributed by atoms with van der Waals surface area (Å²) in [7, 11) is 0. The first-order valence-corrected chi connectivity index (χ1v) is 6.38. The quantitative estimate of drug-likeness (QED) is 0.880. The number of rotatable bonds is 2. The maximum Gasteiger partial charge on any atom is 0.162 e. The lowest BCUT2D eigenvalue weighted by atomic mass is 9.97. The summed E-state index contributed by atoms with van der Waals surface area (Å²) >= 11 is 0. The molecule has 1 aliphatic rings. The summed E-state index contributed by atoms with van der Waals surface area (Å²) in [6, 6.07) is 1.90. The van der Waals surface area contributed by atoms with Gasteiger partial charge in [-0.3, -0.25) is 0 Å². The zero-order chi connectivity index (χ0) is 12.5. The molecule has 0 saturated carbocycles. The van der Waals surface area contributed by atoms with E-state index in [4.69, 9.17) is 9.40 Å². The second kappa shape index (κ2) is 4.53. The molecule has 0 spiro atoms. The second-order valence-electron chi connectivity index (χ2n) is 4.95. The fraction of sp³-hybridized carbons (Fsp3) is 0.429. The molecule has 4 nitrogen and oxygen atoms in total. The van der Waals surface area contributed by atoms with Crippen molar-refractivity contribution in [2.45, 2.75) is 32.7 Å². The third-order valence-electron chi connectivity index (χ3n) is 3.30. The van der Waals surface area contributed by atoms with Gasteiger partial charge in [-0.25, -0.2) is 9.97 Å². The Kier molecular flexibility index (Phi) is 2.88. The van der Waals surface area contributed by atoms with Crippen LogP contribution in [0.4, 0.5) is 0 Å². The van der Waals surface area contributed by atoms with E-state index in [0.717, 1.165) is 36.6 Å². The first kappa shape index (κ1) is 11.4. The van der Waals surface area contributed by atoms with Crippen LogP contribution < -0.4 is 5.32 Å². The molecule has 2 aromatic rings. The molecule has 0 aromatic carbocycles. The van der Waals surface area contributed by atoms with E-state index in [1.54, 1.807) is 12.5 Å². The lowest BCUT2D eigenvalue weighted by Gasteiger charge is -2.21. The summed E-state index contributed by atoms with van der Waals surface area (Å²) in [5.74, 6) is 1.19. The molecule has 3 rings (SSSR count). The highest BCUT2D eigenvalue weighted by Crippen LogP contribution is 2.26. The Morgan fingerprint density at radius 1 is 1.33 bits per heavy atom. The van der Waals surface area contributed by atoms with Gasteiger partial charge in [-0.2, -0.15) is 0 Å². The Balaban J connectivity index is 2.15. The average molecular weight is 243 g/mol. The topological polar surface area (TPSA) is 51.0 Å². The first-order valence-electron chi connectivity index (χ1n) is 6.38. The Morgan fingerprint density at radius 3 is 2.94 bits per heavy atom. The van der Waals surface area contributed by atoms with Gasteiger partial charge in [-0.1, -0.05) is 13.8 Å². The van der Waals surface area contributed by atoms with E-state index in [0.29, 0.717) is 5.92 Å². The Bertz CT molecular complexity index is 546. The number of aromatic nitrogens is 2. The molecule has 0 atom stereocenters. The van der Waals surface area contributed by atoms with Crippen LogP contribution in [0.15, 0.2) is 23.0 Å². The maximum absolute atomic E-state index is 5.12. The van der Waals surface area contributed by atoms with Gasteiger partial charge in [0.2, 0.25) is 0 Å². The zero-order valence-corrected chi connectivity index (χ0v) is 10.7. The van der Waals surface area contributed by atoms with Crippen molar-refractivity contribution in [1.82, 2.24) is 15.3 Å². The lowest BCUT2D eigenvalue weighted by Crippen LogP contribution is -2.27. The van der Waals surface area contributed by atoms with Gasteiger partial charge in [-0.15, -0.1) is 0 Å². The molecule has 1 aliphatic heterocycles. The standard InChI is InChI=1S/C14H17N3O/c1-9(2)13-11-3-5-15-7-12(11)16-14(17-13)10-4-6-18-8-10/h4,6,8-9,15H,3,5,7H2,1-2H3. The van der Waals surface area contributed by atoms with Crippen molar-refractivity contribution in [2.24, 2.45) is 0 Å². The average Bonchev–Trinajstić information content (AvgIpc) is 2.91. The van der Waals surface area contributed by atoms with E-state index in [1.807, 2.05) is 6.07 Å². The molecule has 0 amide bonds. The summed E-state index contributed by atoms with van der Waals surface area (Å²) in [6.45, 7) is 6.22. The van der Waals surface area contributed by atoms with E-state index in [9.17, 15) is 0 Å². The van der Waals surface area contributed by atoms with Crippen LogP contribution in [-0.2, 0) is 13.0 Å². The van der Waals surface area contributed by atoms with Crippen molar-refractivity contribution in [1.29, 1.82) is 0 Å². The van der Waals surface area contributed by atoms with Crippen molar-refractivity contribution < 1.29 is 4.42 Å². The molecule has 94 valence electrons. The zero-order valence-electron chi connectivity index (χ0n) is 10.7. The second-order valence-corrected chi connectivity index (χ2v) is 4.95. The fourth-order valence-corrected chi connectivity index (χ4v) is 2.39. The predicted octanol–water partition coefficient (Wildman–Crippen LogP) is 2.51. The van der Waals surface area contributed by atoms with E-state index < -0.39 is 0 Å². The predicted molar refractivity (Wildman–Crippen MR) is 69.2 cm³/mol. The fourth-order valence-electron chi connectivity index (χ4n) is 2.39. The van der Waals surface area contributed by atoms with Crippen LogP contribution in [-0.4, -0.2) is 16.5 Å². The molecule has 4 heteroatoms. The van der Waals surface area contributed by atoms with Crippen molar-refractivity contribution in [3.05, 3.63) is 35.5 Å². The van der Waals surface area contributed by atoms with Gasteiger partial charge in [0.1, 0.15) is 6.26 Å². The van der Waals surface area contributed by atoms with Crippen molar-refractivity contribution >= 4 is 0 Å². The van der Waals surface area contributed by atoms with Gasteiger partial charge < -0.3 is 9.73 Å². The molecule has 0 radical (unpaired) electrons. The summed E-state index contributed by atoms with van der Waals surface area (Å²) in [6.07, 6.45) is 4.38. The molecule has 0 bridgehead atoms. The third-order valence-corrected chi connectivity index (χ3v) is 3.30. The number of fused-ring (bicyclic) bond motifs is 1. The minimum Gasteiger partial charge on any atom is -0.472 e. The number of hydrogen-bond donors (Lipinski definition) is 1. The van der Waals surface area contributed by atoms with Crippen molar-refractivity contribution in [3.8, 4) is 11.4 Å². The molecule has 1 N–H and O–H groups in total. The van der Waals surface area contributed by atoms with Gasteiger partial charge in [0.05, 0.1) is 23.2 Å². The molecule has 3 heterocycles. The van der Waals surface area contributed by atoms with Crippen LogP contribution in [0.25, 0.3) is 11.4 Å². The smallest absolute Gasteiger partial charge is 0.162 e. The highest BCUT2D eigenvalue weighted by molar-refractivity contribution is 5.54. The van der Waals surface area contributed by atoms with Crippen LogP contribution >= 0.6 is 0 Å². The van der Waals surface area contributed by atoms with Gasteiger partial charge in [0, 0.05) is 6.54 Å². The molecule has 0 saturated heterocycles. The minimum atomic E-state index is 0.422. The molecule has 18 heavy (non-hydrogen) atoms. The van der Waals surface area contributed by atoms with Crippen LogP contribution in [0.1, 0.15) is 36.7 Å². The normalized spacial score (nSPS) is 14.8. The highest BCUT2D eigenvalue weighted by atomic mass is 16.3. The van der Waals surface area contributed by atoms with E-state index in [2.05, 4.69) is 24.1 Å². The third kappa shape index (κ3) is 1.93. The summed E-state index contributed by atoms with van der Waals surface area (Å²) in [4.78, 5) is 9.39. The van der Waals surface area contributed by atoms with Crippen molar-refractivity contribution in [2.75, 3.05) is 6.54 Å². The Labute approximate surface area is 106 Å². The van der Waals surface area contributed by atoms with E-state index >= 15 is 0 Å². The van der Waals surface area contributed by atoms with Crippen LogP contribution in [0.2, 0.25) is 0 Å². The molecular weight excluding hydrogens is 226 g/mol.